The first-order valence-corrected chi connectivity index (χ1v) is 5.95. The van der Waals surface area contributed by atoms with E-state index in [9.17, 15) is 9.90 Å². The van der Waals surface area contributed by atoms with Crippen LogP contribution >= 0.6 is 0 Å². The second kappa shape index (κ2) is 5.30. The molecule has 1 saturated heterocycles. The van der Waals surface area contributed by atoms with Gasteiger partial charge in [0.25, 0.3) is 0 Å². The highest BCUT2D eigenvalue weighted by molar-refractivity contribution is 5.87. The molecule has 1 fully saturated rings. The number of nitrogens with zero attached hydrogens (tertiary/aromatic N) is 3. The molecule has 6 nitrogen and oxygen atoms in total. The van der Waals surface area contributed by atoms with E-state index in [4.69, 9.17) is 0 Å². The van der Waals surface area contributed by atoms with Crippen molar-refractivity contribution in [2.45, 2.75) is 19.4 Å². The van der Waals surface area contributed by atoms with Crippen LogP contribution in [0.5, 0.6) is 0 Å². The largest absolute Gasteiger partial charge is 0.464 e. The second-order valence-electron chi connectivity index (χ2n) is 4.49. The fourth-order valence-corrected chi connectivity index (χ4v) is 2.10. The highest BCUT2D eigenvalue weighted by Gasteiger charge is 2.27. The summed E-state index contributed by atoms with van der Waals surface area (Å²) in [6.07, 6.45) is 3.60. The van der Waals surface area contributed by atoms with Crippen LogP contribution in [0.15, 0.2) is 12.4 Å². The minimum atomic E-state index is -0.490. The molecule has 1 aliphatic heterocycles. The number of aliphatic hydroxyl groups is 1. The Labute approximate surface area is 106 Å². The van der Waals surface area contributed by atoms with Gasteiger partial charge in [-0.3, -0.25) is 4.98 Å². The number of hydrogen-bond donors (Lipinski definition) is 1. The molecule has 98 valence electrons. The summed E-state index contributed by atoms with van der Waals surface area (Å²) in [6.45, 7) is 3.34. The van der Waals surface area contributed by atoms with Crippen LogP contribution in [0.2, 0.25) is 0 Å². The van der Waals surface area contributed by atoms with E-state index < -0.39 is 5.97 Å². The highest BCUT2D eigenvalue weighted by Crippen LogP contribution is 2.23. The maximum absolute atomic E-state index is 11.4. The summed E-state index contributed by atoms with van der Waals surface area (Å²) in [5.74, 6) is 0.408. The molecule has 1 aromatic rings. The van der Waals surface area contributed by atoms with Crippen molar-refractivity contribution in [3.63, 3.8) is 0 Å². The Balaban J connectivity index is 2.12. The van der Waals surface area contributed by atoms with Gasteiger partial charge in [0, 0.05) is 19.0 Å². The molecule has 1 N–H and O–H groups in total. The molecule has 0 aliphatic carbocycles. The van der Waals surface area contributed by atoms with Crippen molar-refractivity contribution in [2.75, 3.05) is 25.1 Å². The molecular weight excluding hydrogens is 234 g/mol. The van der Waals surface area contributed by atoms with Crippen molar-refractivity contribution >= 4 is 11.8 Å². The van der Waals surface area contributed by atoms with E-state index in [1.807, 2.05) is 4.90 Å². The third kappa shape index (κ3) is 2.59. The lowest BCUT2D eigenvalue weighted by atomic mass is 10.0. The van der Waals surface area contributed by atoms with Crippen LogP contribution in [0.4, 0.5) is 5.82 Å². The Kier molecular flexibility index (Phi) is 3.76. The van der Waals surface area contributed by atoms with E-state index >= 15 is 0 Å². The molecule has 0 saturated carbocycles. The number of methoxy groups -OCH3 is 1. The van der Waals surface area contributed by atoms with Gasteiger partial charge in [-0.25, -0.2) is 9.78 Å². The number of carbonyl (C=O) groups excluding carboxylic acids is 1. The Bertz CT molecular complexity index is 436. The monoisotopic (exact) mass is 251 g/mol. The fourth-order valence-electron chi connectivity index (χ4n) is 2.10. The summed E-state index contributed by atoms with van der Waals surface area (Å²) < 4.78 is 4.61. The number of aliphatic hydroxyl groups excluding tert-OH is 1. The minimum Gasteiger partial charge on any atom is -0.464 e. The Morgan fingerprint density at radius 2 is 2.39 bits per heavy atom. The number of anilines is 1. The molecule has 0 aromatic carbocycles. The molecule has 2 heterocycles. The van der Waals surface area contributed by atoms with Gasteiger partial charge in [0.05, 0.1) is 25.6 Å². The molecule has 18 heavy (non-hydrogen) atoms. The molecule has 2 rings (SSSR count). The number of hydrogen-bond acceptors (Lipinski definition) is 6. The van der Waals surface area contributed by atoms with Gasteiger partial charge in [-0.1, -0.05) is 0 Å². The first kappa shape index (κ1) is 12.8. The topological polar surface area (TPSA) is 75.5 Å². The van der Waals surface area contributed by atoms with Crippen LogP contribution in [-0.4, -0.2) is 47.3 Å². The molecule has 2 unspecified atom stereocenters. The van der Waals surface area contributed by atoms with Crippen LogP contribution < -0.4 is 4.90 Å². The summed E-state index contributed by atoms with van der Waals surface area (Å²) in [7, 11) is 1.32. The number of ether oxygens (including phenoxy) is 1. The number of carbonyl (C=O) groups is 1. The molecule has 0 amide bonds. The van der Waals surface area contributed by atoms with Gasteiger partial charge in [0.2, 0.25) is 0 Å². The number of aromatic nitrogens is 2. The zero-order valence-electron chi connectivity index (χ0n) is 10.5. The van der Waals surface area contributed by atoms with E-state index in [0.29, 0.717) is 5.82 Å². The zero-order valence-corrected chi connectivity index (χ0v) is 10.5. The van der Waals surface area contributed by atoms with Crippen molar-refractivity contribution in [2.24, 2.45) is 5.92 Å². The fraction of sp³-hybridized carbons (Fsp3) is 0.583. The molecule has 2 atom stereocenters. The van der Waals surface area contributed by atoms with Gasteiger partial charge in [0.1, 0.15) is 5.82 Å². The van der Waals surface area contributed by atoms with Crippen molar-refractivity contribution in [3.8, 4) is 0 Å². The maximum Gasteiger partial charge on any atom is 0.358 e. The average molecular weight is 251 g/mol. The van der Waals surface area contributed by atoms with E-state index in [-0.39, 0.29) is 17.7 Å². The molecule has 6 heteroatoms. The van der Waals surface area contributed by atoms with Gasteiger partial charge in [-0.2, -0.15) is 0 Å². The van der Waals surface area contributed by atoms with Crippen LogP contribution in [0.3, 0.4) is 0 Å². The smallest absolute Gasteiger partial charge is 0.358 e. The van der Waals surface area contributed by atoms with Crippen LogP contribution in [-0.2, 0) is 4.74 Å². The quantitative estimate of drug-likeness (QED) is 0.787. The van der Waals surface area contributed by atoms with Gasteiger partial charge in [-0.15, -0.1) is 0 Å². The van der Waals surface area contributed by atoms with E-state index in [1.54, 1.807) is 13.1 Å². The molecule has 1 aliphatic rings. The minimum absolute atomic E-state index is 0.204. The van der Waals surface area contributed by atoms with Crippen LogP contribution in [0.1, 0.15) is 23.8 Å². The van der Waals surface area contributed by atoms with E-state index in [1.165, 1.54) is 13.3 Å². The average Bonchev–Trinajstić information content (AvgIpc) is 2.88. The molecule has 0 radical (unpaired) electrons. The summed E-state index contributed by atoms with van der Waals surface area (Å²) in [5, 5.41) is 9.56. The van der Waals surface area contributed by atoms with Crippen molar-refractivity contribution in [3.05, 3.63) is 18.1 Å². The van der Waals surface area contributed by atoms with Crippen molar-refractivity contribution < 1.29 is 14.6 Å². The summed E-state index contributed by atoms with van der Waals surface area (Å²) >= 11 is 0. The molecular formula is C12H17N3O3. The number of esters is 1. The third-order valence-corrected chi connectivity index (χ3v) is 3.25. The van der Waals surface area contributed by atoms with Crippen LogP contribution in [0.25, 0.3) is 0 Å². The standard InChI is InChI=1S/C12H17N3O3/c1-8(16)9-3-4-15(7-9)11-6-13-5-10(14-11)12(17)18-2/h5-6,8-9,16H,3-4,7H2,1-2H3. The summed E-state index contributed by atoms with van der Waals surface area (Å²) in [5.41, 5.74) is 0.204. The molecule has 1 aromatic heterocycles. The van der Waals surface area contributed by atoms with Crippen molar-refractivity contribution in [1.29, 1.82) is 0 Å². The Morgan fingerprint density at radius 1 is 1.61 bits per heavy atom. The third-order valence-electron chi connectivity index (χ3n) is 3.25. The lowest BCUT2D eigenvalue weighted by Crippen LogP contribution is -2.25. The summed E-state index contributed by atoms with van der Waals surface area (Å²) in [4.78, 5) is 21.6. The van der Waals surface area contributed by atoms with Gasteiger partial charge >= 0.3 is 5.97 Å². The van der Waals surface area contributed by atoms with Gasteiger partial charge in [-0.05, 0) is 13.3 Å². The molecule has 0 bridgehead atoms. The van der Waals surface area contributed by atoms with Crippen LogP contribution in [0, 0.1) is 5.92 Å². The summed E-state index contributed by atoms with van der Waals surface area (Å²) in [6, 6.07) is 0. The lowest BCUT2D eigenvalue weighted by molar-refractivity contribution is 0.0593. The Hall–Kier alpha value is -1.69. The molecule has 0 spiro atoms. The lowest BCUT2D eigenvalue weighted by Gasteiger charge is -2.18. The highest BCUT2D eigenvalue weighted by atomic mass is 16.5. The normalized spacial score (nSPS) is 20.8. The van der Waals surface area contributed by atoms with Gasteiger partial charge < -0.3 is 14.7 Å². The van der Waals surface area contributed by atoms with E-state index in [2.05, 4.69) is 14.7 Å². The SMILES string of the molecule is COC(=O)c1cncc(N2CCC(C(C)O)C2)n1. The second-order valence-corrected chi connectivity index (χ2v) is 4.49. The van der Waals surface area contributed by atoms with E-state index in [0.717, 1.165) is 19.5 Å². The predicted molar refractivity (Wildman–Crippen MR) is 65.4 cm³/mol. The zero-order chi connectivity index (χ0) is 13.1. The first-order chi connectivity index (χ1) is 8.61. The first-order valence-electron chi connectivity index (χ1n) is 5.95. The van der Waals surface area contributed by atoms with Crippen molar-refractivity contribution in [1.82, 2.24) is 9.97 Å². The Morgan fingerprint density at radius 3 is 3.00 bits per heavy atom. The van der Waals surface area contributed by atoms with Gasteiger partial charge in [0.15, 0.2) is 5.69 Å². The maximum atomic E-state index is 11.4. The number of rotatable bonds is 3. The predicted octanol–water partition coefficient (Wildman–Crippen LogP) is 0.470.